The lowest BCUT2D eigenvalue weighted by molar-refractivity contribution is 0.0698. The molecule has 34 heavy (non-hydrogen) atoms. The fraction of sp³-hybridized carbons (Fsp3) is 0.280. The van der Waals surface area contributed by atoms with Crippen LogP contribution in [0.2, 0.25) is 0 Å². The molecule has 2 aromatic carbocycles. The van der Waals surface area contributed by atoms with Crippen LogP contribution in [0.25, 0.3) is 10.9 Å². The van der Waals surface area contributed by atoms with E-state index in [0.29, 0.717) is 53.2 Å². The number of nitrogens with zero attached hydrogens (tertiary/aromatic N) is 4. The molecule has 1 saturated heterocycles. The number of piperazine rings is 1. The number of methoxy groups -OCH3 is 1. The molecule has 0 radical (unpaired) electrons. The van der Waals surface area contributed by atoms with E-state index in [-0.39, 0.29) is 11.5 Å². The highest BCUT2D eigenvalue weighted by Crippen LogP contribution is 2.27. The van der Waals surface area contributed by atoms with Crippen LogP contribution in [-0.4, -0.2) is 66.7 Å². The average molecular weight is 460 g/mol. The van der Waals surface area contributed by atoms with E-state index in [1.807, 2.05) is 0 Å². The number of nitriles is 1. The number of hydrogen-bond donors (Lipinski definition) is 2. The van der Waals surface area contributed by atoms with Crippen molar-refractivity contribution in [2.45, 2.75) is 6.42 Å². The predicted molar refractivity (Wildman–Crippen MR) is 129 cm³/mol. The van der Waals surface area contributed by atoms with Crippen LogP contribution < -0.4 is 15.0 Å². The number of benzene rings is 2. The summed E-state index contributed by atoms with van der Waals surface area (Å²) < 4.78 is 5.25. The van der Waals surface area contributed by atoms with Crippen LogP contribution in [0.1, 0.15) is 27.1 Å². The SMILES string of the molecule is COc1ccccc1C(=O)Nc1ccc2nc(N3CCN(CCC#N)CC3)cc(C(=O)O)c2c1. The summed E-state index contributed by atoms with van der Waals surface area (Å²) in [5.74, 6) is -0.358. The molecule has 0 bridgehead atoms. The molecule has 0 spiro atoms. The molecule has 2 N–H and O–H groups in total. The van der Waals surface area contributed by atoms with Gasteiger partial charge in [0.1, 0.15) is 11.6 Å². The second-order valence-electron chi connectivity index (χ2n) is 7.96. The van der Waals surface area contributed by atoms with Crippen molar-refractivity contribution in [3.63, 3.8) is 0 Å². The number of amides is 1. The summed E-state index contributed by atoms with van der Waals surface area (Å²) in [6.45, 7) is 3.72. The monoisotopic (exact) mass is 459 g/mol. The molecule has 0 atom stereocenters. The van der Waals surface area contributed by atoms with Gasteiger partial charge >= 0.3 is 5.97 Å². The van der Waals surface area contributed by atoms with Crippen molar-refractivity contribution in [3.8, 4) is 11.8 Å². The molecule has 0 aliphatic carbocycles. The minimum absolute atomic E-state index is 0.125. The van der Waals surface area contributed by atoms with Crippen LogP contribution in [-0.2, 0) is 0 Å². The lowest BCUT2D eigenvalue weighted by Crippen LogP contribution is -2.46. The minimum atomic E-state index is -1.06. The molecule has 2 heterocycles. The minimum Gasteiger partial charge on any atom is -0.496 e. The molecule has 1 amide bonds. The van der Waals surface area contributed by atoms with Crippen LogP contribution >= 0.6 is 0 Å². The zero-order valence-electron chi connectivity index (χ0n) is 18.8. The van der Waals surface area contributed by atoms with E-state index in [0.717, 1.165) is 19.6 Å². The first-order chi connectivity index (χ1) is 16.5. The van der Waals surface area contributed by atoms with E-state index < -0.39 is 5.97 Å². The first-order valence-electron chi connectivity index (χ1n) is 11.0. The number of pyridine rings is 1. The van der Waals surface area contributed by atoms with Gasteiger partial charge in [-0.1, -0.05) is 12.1 Å². The number of carboxylic acids is 1. The van der Waals surface area contributed by atoms with Crippen LogP contribution in [0.5, 0.6) is 5.75 Å². The number of carboxylic acid groups (broad SMARTS) is 1. The molecule has 1 fully saturated rings. The number of para-hydroxylation sites is 1. The summed E-state index contributed by atoms with van der Waals surface area (Å²) in [5, 5.41) is 21.9. The number of carbonyl (C=O) groups excluding carboxylic acids is 1. The standard InChI is InChI=1S/C25H25N5O4/c1-34-22-6-3-2-5-18(22)24(31)27-17-7-8-21-19(15-17)20(25(32)33)16-23(28-21)30-13-11-29(12-14-30)10-4-9-26/h2-3,5-8,15-16H,4,10-14H2,1H3,(H,27,31)(H,32,33). The summed E-state index contributed by atoms with van der Waals surface area (Å²) in [6, 6.07) is 15.7. The fourth-order valence-corrected chi connectivity index (χ4v) is 4.07. The summed E-state index contributed by atoms with van der Waals surface area (Å²) in [4.78, 5) is 33.8. The third kappa shape index (κ3) is 4.92. The Morgan fingerprint density at radius 3 is 2.59 bits per heavy atom. The number of aromatic nitrogens is 1. The van der Waals surface area contributed by atoms with E-state index in [1.54, 1.807) is 48.5 Å². The number of anilines is 2. The Bertz CT molecular complexity index is 1260. The second-order valence-corrected chi connectivity index (χ2v) is 7.96. The lowest BCUT2D eigenvalue weighted by Gasteiger charge is -2.35. The molecule has 9 nitrogen and oxygen atoms in total. The first-order valence-corrected chi connectivity index (χ1v) is 11.0. The van der Waals surface area contributed by atoms with Gasteiger partial charge in [0.15, 0.2) is 0 Å². The zero-order chi connectivity index (χ0) is 24.1. The number of fused-ring (bicyclic) bond motifs is 1. The third-order valence-corrected chi connectivity index (χ3v) is 5.87. The van der Waals surface area contributed by atoms with Crippen LogP contribution in [0.3, 0.4) is 0 Å². The van der Waals surface area contributed by atoms with Gasteiger partial charge in [-0.25, -0.2) is 9.78 Å². The van der Waals surface area contributed by atoms with Gasteiger partial charge < -0.3 is 20.1 Å². The number of hydrogen-bond acceptors (Lipinski definition) is 7. The molecule has 174 valence electrons. The molecule has 1 aliphatic rings. The van der Waals surface area contributed by atoms with Crippen LogP contribution in [0.4, 0.5) is 11.5 Å². The van der Waals surface area contributed by atoms with E-state index >= 15 is 0 Å². The number of rotatable bonds is 7. The van der Waals surface area contributed by atoms with Crippen molar-refractivity contribution in [1.82, 2.24) is 9.88 Å². The summed E-state index contributed by atoms with van der Waals surface area (Å²) in [5.41, 5.74) is 1.51. The van der Waals surface area contributed by atoms with Crippen molar-refractivity contribution >= 4 is 34.3 Å². The maximum absolute atomic E-state index is 12.8. The first kappa shape index (κ1) is 23.0. The summed E-state index contributed by atoms with van der Waals surface area (Å²) in [7, 11) is 1.50. The molecular formula is C25H25N5O4. The molecule has 4 rings (SSSR count). The van der Waals surface area contributed by atoms with Crippen molar-refractivity contribution in [1.29, 1.82) is 5.26 Å². The average Bonchev–Trinajstić information content (AvgIpc) is 2.87. The van der Waals surface area contributed by atoms with Gasteiger partial charge in [-0.2, -0.15) is 5.26 Å². The Kier molecular flexibility index (Phi) is 6.90. The summed E-state index contributed by atoms with van der Waals surface area (Å²) in [6.07, 6.45) is 0.493. The number of nitrogens with one attached hydrogen (secondary N) is 1. The smallest absolute Gasteiger partial charge is 0.336 e. The maximum Gasteiger partial charge on any atom is 0.336 e. The van der Waals surface area contributed by atoms with Crippen LogP contribution in [0.15, 0.2) is 48.5 Å². The van der Waals surface area contributed by atoms with E-state index in [9.17, 15) is 14.7 Å². The van der Waals surface area contributed by atoms with Crippen molar-refractivity contribution in [3.05, 3.63) is 59.7 Å². The topological polar surface area (TPSA) is 119 Å². The van der Waals surface area contributed by atoms with Gasteiger partial charge in [-0.05, 0) is 36.4 Å². The Balaban J connectivity index is 1.59. The van der Waals surface area contributed by atoms with Gasteiger partial charge in [0.2, 0.25) is 0 Å². The Hall–Kier alpha value is -4.16. The Labute approximate surface area is 197 Å². The normalized spacial score (nSPS) is 13.9. The third-order valence-electron chi connectivity index (χ3n) is 5.87. The largest absolute Gasteiger partial charge is 0.496 e. The van der Waals surface area contributed by atoms with Crippen molar-refractivity contribution in [2.75, 3.05) is 50.1 Å². The quantitative estimate of drug-likeness (QED) is 0.553. The highest BCUT2D eigenvalue weighted by Gasteiger charge is 2.21. The Morgan fingerprint density at radius 1 is 1.12 bits per heavy atom. The second kappa shape index (κ2) is 10.2. The molecule has 3 aromatic rings. The molecule has 1 aliphatic heterocycles. The molecular weight excluding hydrogens is 434 g/mol. The van der Waals surface area contributed by atoms with Gasteiger partial charge in [-0.15, -0.1) is 0 Å². The van der Waals surface area contributed by atoms with Gasteiger partial charge in [0.05, 0.1) is 29.8 Å². The van der Waals surface area contributed by atoms with Crippen molar-refractivity contribution < 1.29 is 19.4 Å². The molecule has 0 saturated carbocycles. The summed E-state index contributed by atoms with van der Waals surface area (Å²) >= 11 is 0. The highest BCUT2D eigenvalue weighted by atomic mass is 16.5. The Morgan fingerprint density at radius 2 is 1.88 bits per heavy atom. The van der Waals surface area contributed by atoms with E-state index in [2.05, 4.69) is 21.2 Å². The number of aromatic carboxylic acids is 1. The fourth-order valence-electron chi connectivity index (χ4n) is 4.07. The lowest BCUT2D eigenvalue weighted by atomic mass is 10.1. The van der Waals surface area contributed by atoms with Crippen molar-refractivity contribution in [2.24, 2.45) is 0 Å². The molecule has 9 heteroatoms. The number of carbonyl (C=O) groups is 2. The highest BCUT2D eigenvalue weighted by molar-refractivity contribution is 6.09. The van der Waals surface area contributed by atoms with Gasteiger partial charge in [-0.3, -0.25) is 9.69 Å². The molecule has 1 aromatic heterocycles. The maximum atomic E-state index is 12.8. The van der Waals surface area contributed by atoms with E-state index in [1.165, 1.54) is 7.11 Å². The van der Waals surface area contributed by atoms with Gasteiger partial charge in [0, 0.05) is 50.2 Å². The zero-order valence-corrected chi connectivity index (χ0v) is 18.8. The number of ether oxygens (including phenoxy) is 1. The van der Waals surface area contributed by atoms with E-state index in [4.69, 9.17) is 15.0 Å². The predicted octanol–water partition coefficient (Wildman–Crippen LogP) is 3.23. The van der Waals surface area contributed by atoms with Crippen LogP contribution in [0, 0.1) is 11.3 Å². The van der Waals surface area contributed by atoms with Gasteiger partial charge in [0.25, 0.3) is 5.91 Å². The molecule has 0 unspecified atom stereocenters.